The van der Waals surface area contributed by atoms with Crippen molar-refractivity contribution in [1.29, 1.82) is 0 Å². The number of aryl methyl sites for hydroxylation is 1. The van der Waals surface area contributed by atoms with E-state index in [-0.39, 0.29) is 11.3 Å². The molecule has 0 heterocycles. The first-order chi connectivity index (χ1) is 9.97. The molecule has 0 aliphatic heterocycles. The molecule has 2 aromatic rings. The normalized spacial score (nSPS) is 12.3. The molecule has 0 saturated carbocycles. The van der Waals surface area contributed by atoms with E-state index < -0.39 is 17.7 Å². The summed E-state index contributed by atoms with van der Waals surface area (Å²) in [5.74, 6) is -1.11. The maximum absolute atomic E-state index is 14.3. The fourth-order valence-corrected chi connectivity index (χ4v) is 2.71. The van der Waals surface area contributed by atoms with Crippen molar-refractivity contribution >= 4 is 15.9 Å². The van der Waals surface area contributed by atoms with Gasteiger partial charge in [-0.1, -0.05) is 22.0 Å². The number of halogens is 3. The molecule has 0 aliphatic carbocycles. The van der Waals surface area contributed by atoms with E-state index in [4.69, 9.17) is 4.74 Å². The number of methoxy groups -OCH3 is 1. The van der Waals surface area contributed by atoms with Crippen LogP contribution < -0.4 is 10.1 Å². The molecule has 0 spiro atoms. The zero-order chi connectivity index (χ0) is 15.6. The summed E-state index contributed by atoms with van der Waals surface area (Å²) in [6, 6.07) is 7.47. The third-order valence-electron chi connectivity index (χ3n) is 3.42. The SMILES string of the molecule is CNC(c1cc(Br)ccc1C)c1c(F)cc(OC)cc1F. The van der Waals surface area contributed by atoms with Crippen LogP contribution in [0.1, 0.15) is 22.7 Å². The van der Waals surface area contributed by atoms with E-state index in [2.05, 4.69) is 21.2 Å². The van der Waals surface area contributed by atoms with Crippen LogP contribution in [0.5, 0.6) is 5.75 Å². The van der Waals surface area contributed by atoms with Crippen LogP contribution in [0.3, 0.4) is 0 Å². The molecule has 0 saturated heterocycles. The zero-order valence-corrected chi connectivity index (χ0v) is 13.6. The van der Waals surface area contributed by atoms with E-state index >= 15 is 0 Å². The fourth-order valence-electron chi connectivity index (χ4n) is 2.33. The second-order valence-corrected chi connectivity index (χ2v) is 5.64. The predicted molar refractivity (Wildman–Crippen MR) is 82.7 cm³/mol. The van der Waals surface area contributed by atoms with E-state index in [0.29, 0.717) is 0 Å². The molecule has 0 fully saturated rings. The summed E-state index contributed by atoms with van der Waals surface area (Å²) >= 11 is 3.39. The molecular formula is C16H16BrF2NO. The van der Waals surface area contributed by atoms with Crippen LogP contribution in [0.4, 0.5) is 8.78 Å². The molecule has 1 unspecified atom stereocenters. The lowest BCUT2D eigenvalue weighted by atomic mass is 9.94. The van der Waals surface area contributed by atoms with Crippen LogP contribution in [-0.4, -0.2) is 14.2 Å². The topological polar surface area (TPSA) is 21.3 Å². The highest BCUT2D eigenvalue weighted by atomic mass is 79.9. The van der Waals surface area contributed by atoms with Crippen molar-refractivity contribution in [2.75, 3.05) is 14.2 Å². The van der Waals surface area contributed by atoms with Gasteiger partial charge in [-0.25, -0.2) is 8.78 Å². The van der Waals surface area contributed by atoms with Gasteiger partial charge >= 0.3 is 0 Å². The van der Waals surface area contributed by atoms with Crippen molar-refractivity contribution in [2.45, 2.75) is 13.0 Å². The summed E-state index contributed by atoms with van der Waals surface area (Å²) in [4.78, 5) is 0. The van der Waals surface area contributed by atoms with Gasteiger partial charge < -0.3 is 10.1 Å². The zero-order valence-electron chi connectivity index (χ0n) is 12.0. The number of nitrogens with one attached hydrogen (secondary N) is 1. The second kappa shape index (κ2) is 6.54. The molecule has 2 nitrogen and oxygen atoms in total. The van der Waals surface area contributed by atoms with Gasteiger partial charge in [0.25, 0.3) is 0 Å². The number of rotatable bonds is 4. The van der Waals surface area contributed by atoms with Crippen molar-refractivity contribution < 1.29 is 13.5 Å². The molecular weight excluding hydrogens is 340 g/mol. The van der Waals surface area contributed by atoms with Crippen molar-refractivity contribution in [3.05, 3.63) is 63.1 Å². The minimum absolute atomic E-state index is 0.0144. The van der Waals surface area contributed by atoms with E-state index in [1.807, 2.05) is 25.1 Å². The second-order valence-electron chi connectivity index (χ2n) is 4.73. The van der Waals surface area contributed by atoms with Gasteiger partial charge in [-0.3, -0.25) is 0 Å². The summed E-state index contributed by atoms with van der Waals surface area (Å²) < 4.78 is 34.3. The number of benzene rings is 2. The third kappa shape index (κ3) is 3.24. The summed E-state index contributed by atoms with van der Waals surface area (Å²) in [5, 5.41) is 2.98. The van der Waals surface area contributed by atoms with Crippen LogP contribution >= 0.6 is 15.9 Å². The molecule has 112 valence electrons. The number of ether oxygens (including phenoxy) is 1. The highest BCUT2D eigenvalue weighted by molar-refractivity contribution is 9.10. The van der Waals surface area contributed by atoms with Crippen molar-refractivity contribution in [3.63, 3.8) is 0 Å². The smallest absolute Gasteiger partial charge is 0.134 e. The summed E-state index contributed by atoms with van der Waals surface area (Å²) in [7, 11) is 3.05. The number of hydrogen-bond acceptors (Lipinski definition) is 2. The Kier molecular flexibility index (Phi) is 4.96. The van der Waals surface area contributed by atoms with Crippen LogP contribution in [0.15, 0.2) is 34.8 Å². The summed E-state index contributed by atoms with van der Waals surface area (Å²) in [5.41, 5.74) is 1.75. The highest BCUT2D eigenvalue weighted by Crippen LogP contribution is 2.32. The first kappa shape index (κ1) is 15.9. The van der Waals surface area contributed by atoms with Gasteiger partial charge in [0.05, 0.1) is 13.2 Å². The Morgan fingerprint density at radius 3 is 2.29 bits per heavy atom. The molecule has 5 heteroatoms. The third-order valence-corrected chi connectivity index (χ3v) is 3.91. The van der Waals surface area contributed by atoms with Gasteiger partial charge in [-0.2, -0.15) is 0 Å². The average Bonchev–Trinajstić information content (AvgIpc) is 2.45. The van der Waals surface area contributed by atoms with Crippen molar-refractivity contribution in [3.8, 4) is 5.75 Å². The molecule has 0 radical (unpaired) electrons. The molecule has 1 N–H and O–H groups in total. The van der Waals surface area contributed by atoms with E-state index in [1.165, 1.54) is 19.2 Å². The highest BCUT2D eigenvalue weighted by Gasteiger charge is 2.23. The van der Waals surface area contributed by atoms with Crippen molar-refractivity contribution in [1.82, 2.24) is 5.32 Å². The quantitative estimate of drug-likeness (QED) is 0.879. The fraction of sp³-hybridized carbons (Fsp3) is 0.250. The van der Waals surface area contributed by atoms with Gasteiger partial charge in [-0.15, -0.1) is 0 Å². The van der Waals surface area contributed by atoms with E-state index in [9.17, 15) is 8.78 Å². The van der Waals surface area contributed by atoms with Crippen LogP contribution in [0.2, 0.25) is 0 Å². The standard InChI is InChI=1S/C16H16BrF2NO/c1-9-4-5-10(17)6-12(9)16(20-2)15-13(18)7-11(21-3)8-14(15)19/h4-8,16,20H,1-3H3. The van der Waals surface area contributed by atoms with E-state index in [0.717, 1.165) is 15.6 Å². The Morgan fingerprint density at radius 1 is 1.14 bits per heavy atom. The summed E-state index contributed by atoms with van der Waals surface area (Å²) in [6.45, 7) is 1.91. The van der Waals surface area contributed by atoms with Crippen molar-refractivity contribution in [2.24, 2.45) is 0 Å². The molecule has 0 amide bonds. The van der Waals surface area contributed by atoms with Gasteiger partial charge in [0, 0.05) is 22.2 Å². The molecule has 0 aromatic heterocycles. The lowest BCUT2D eigenvalue weighted by Crippen LogP contribution is -2.21. The molecule has 2 aromatic carbocycles. The Labute approximate surface area is 131 Å². The number of hydrogen-bond donors (Lipinski definition) is 1. The maximum Gasteiger partial charge on any atom is 0.134 e. The van der Waals surface area contributed by atoms with Gasteiger partial charge in [0.2, 0.25) is 0 Å². The molecule has 2 rings (SSSR count). The minimum Gasteiger partial charge on any atom is -0.497 e. The minimum atomic E-state index is -0.634. The lowest BCUT2D eigenvalue weighted by Gasteiger charge is -2.21. The van der Waals surface area contributed by atoms with Crippen LogP contribution in [-0.2, 0) is 0 Å². The Morgan fingerprint density at radius 2 is 1.76 bits per heavy atom. The van der Waals surface area contributed by atoms with E-state index in [1.54, 1.807) is 7.05 Å². The Hall–Kier alpha value is -1.46. The molecule has 1 atom stereocenters. The first-order valence-corrected chi connectivity index (χ1v) is 7.23. The first-order valence-electron chi connectivity index (χ1n) is 6.44. The van der Waals surface area contributed by atoms with Crippen LogP contribution in [0.25, 0.3) is 0 Å². The summed E-state index contributed by atoms with van der Waals surface area (Å²) in [6.07, 6.45) is 0. The van der Waals surface area contributed by atoms with Crippen LogP contribution in [0, 0.1) is 18.6 Å². The predicted octanol–water partition coefficient (Wildman–Crippen LogP) is 4.35. The molecule has 21 heavy (non-hydrogen) atoms. The monoisotopic (exact) mass is 355 g/mol. The van der Waals surface area contributed by atoms with Gasteiger partial charge in [-0.05, 0) is 37.2 Å². The Balaban J connectivity index is 2.59. The lowest BCUT2D eigenvalue weighted by molar-refractivity contribution is 0.403. The largest absolute Gasteiger partial charge is 0.497 e. The Bertz CT molecular complexity index is 638. The molecule has 0 bridgehead atoms. The van der Waals surface area contributed by atoms with Gasteiger partial charge in [0.15, 0.2) is 0 Å². The maximum atomic E-state index is 14.3. The average molecular weight is 356 g/mol. The van der Waals surface area contributed by atoms with Gasteiger partial charge in [0.1, 0.15) is 17.4 Å². The molecule has 0 aliphatic rings.